The normalized spacial score (nSPS) is 17.1. The molecule has 2 rings (SSSR count). The lowest BCUT2D eigenvalue weighted by atomic mass is 10.0. The lowest BCUT2D eigenvalue weighted by molar-refractivity contribution is 0.0958. The predicted octanol–water partition coefficient (Wildman–Crippen LogP) is 2.02. The first kappa shape index (κ1) is 16.7. The lowest BCUT2D eigenvalue weighted by Gasteiger charge is -2.29. The van der Waals surface area contributed by atoms with E-state index in [0.29, 0.717) is 31.1 Å². The van der Waals surface area contributed by atoms with Crippen molar-refractivity contribution in [2.24, 2.45) is 5.92 Å². The second-order valence-electron chi connectivity index (χ2n) is 5.61. The summed E-state index contributed by atoms with van der Waals surface area (Å²) in [7, 11) is -3.46. The van der Waals surface area contributed by atoms with Gasteiger partial charge < -0.3 is 5.32 Å². The number of carbonyl (C=O) groups excluding carboxylic acids is 1. The molecule has 0 bridgehead atoms. The standard InChI is InChI=1S/C16H22N2O3S/c1-3-10-17-16(19)14-4-6-15(7-5-14)22(20,21)18-11-8-13(2)9-12-18/h3-7,13H,1,8-12H2,2H3,(H,17,19). The Balaban J connectivity index is 2.12. The highest BCUT2D eigenvalue weighted by molar-refractivity contribution is 7.89. The largest absolute Gasteiger partial charge is 0.349 e. The maximum Gasteiger partial charge on any atom is 0.251 e. The Morgan fingerprint density at radius 2 is 1.91 bits per heavy atom. The van der Waals surface area contributed by atoms with E-state index in [1.165, 1.54) is 28.6 Å². The van der Waals surface area contributed by atoms with Crippen molar-refractivity contribution < 1.29 is 13.2 Å². The van der Waals surface area contributed by atoms with Crippen LogP contribution < -0.4 is 5.32 Å². The molecule has 5 nitrogen and oxygen atoms in total. The molecule has 1 saturated heterocycles. The Kier molecular flexibility index (Phi) is 5.37. The van der Waals surface area contributed by atoms with Crippen molar-refractivity contribution in [2.75, 3.05) is 19.6 Å². The van der Waals surface area contributed by atoms with Crippen molar-refractivity contribution in [1.29, 1.82) is 0 Å². The fraction of sp³-hybridized carbons (Fsp3) is 0.438. The van der Waals surface area contributed by atoms with Crippen LogP contribution in [0, 0.1) is 5.92 Å². The summed E-state index contributed by atoms with van der Waals surface area (Å²) in [4.78, 5) is 12.0. The number of rotatable bonds is 5. The number of carbonyl (C=O) groups is 1. The summed E-state index contributed by atoms with van der Waals surface area (Å²) in [6.07, 6.45) is 3.37. The first-order valence-electron chi connectivity index (χ1n) is 7.44. The van der Waals surface area contributed by atoms with E-state index in [4.69, 9.17) is 0 Å². The third kappa shape index (κ3) is 3.75. The molecule has 0 saturated carbocycles. The minimum absolute atomic E-state index is 0.238. The van der Waals surface area contributed by atoms with Gasteiger partial charge in [-0.3, -0.25) is 4.79 Å². The Hall–Kier alpha value is -1.66. The number of nitrogens with one attached hydrogen (secondary N) is 1. The first-order chi connectivity index (χ1) is 10.4. The lowest BCUT2D eigenvalue weighted by Crippen LogP contribution is -2.37. The van der Waals surface area contributed by atoms with Crippen molar-refractivity contribution in [1.82, 2.24) is 9.62 Å². The number of sulfonamides is 1. The smallest absolute Gasteiger partial charge is 0.251 e. The minimum atomic E-state index is -3.46. The van der Waals surface area contributed by atoms with Gasteiger partial charge >= 0.3 is 0 Å². The molecule has 1 N–H and O–H groups in total. The zero-order chi connectivity index (χ0) is 16.2. The summed E-state index contributed by atoms with van der Waals surface area (Å²) in [5.41, 5.74) is 0.438. The number of hydrogen-bond donors (Lipinski definition) is 1. The molecule has 0 atom stereocenters. The molecule has 0 spiro atoms. The van der Waals surface area contributed by atoms with Crippen molar-refractivity contribution in [2.45, 2.75) is 24.7 Å². The maximum absolute atomic E-state index is 12.6. The van der Waals surface area contributed by atoms with E-state index in [1.807, 2.05) is 0 Å². The van der Waals surface area contributed by atoms with E-state index >= 15 is 0 Å². The van der Waals surface area contributed by atoms with Gasteiger partial charge in [-0.2, -0.15) is 4.31 Å². The highest BCUT2D eigenvalue weighted by atomic mass is 32.2. The summed E-state index contributed by atoms with van der Waals surface area (Å²) < 4.78 is 26.6. The van der Waals surface area contributed by atoms with Crippen LogP contribution in [0.5, 0.6) is 0 Å². The van der Waals surface area contributed by atoms with Crippen LogP contribution >= 0.6 is 0 Å². The SMILES string of the molecule is C=CCNC(=O)c1ccc(S(=O)(=O)N2CCC(C)CC2)cc1. The van der Waals surface area contributed by atoms with Crippen LogP contribution in [0.3, 0.4) is 0 Å². The third-order valence-electron chi connectivity index (χ3n) is 3.90. The fourth-order valence-electron chi connectivity index (χ4n) is 2.42. The van der Waals surface area contributed by atoms with E-state index in [-0.39, 0.29) is 10.8 Å². The molecule has 1 aromatic carbocycles. The van der Waals surface area contributed by atoms with Gasteiger partial charge in [0.1, 0.15) is 0 Å². The molecule has 0 unspecified atom stereocenters. The number of nitrogens with zero attached hydrogens (tertiary/aromatic N) is 1. The summed E-state index contributed by atoms with van der Waals surface area (Å²) >= 11 is 0. The van der Waals surface area contributed by atoms with Gasteiger partial charge in [-0.25, -0.2) is 8.42 Å². The molecule has 6 heteroatoms. The second kappa shape index (κ2) is 7.07. The number of hydrogen-bond acceptors (Lipinski definition) is 3. The van der Waals surface area contributed by atoms with Crippen LogP contribution in [0.15, 0.2) is 41.8 Å². The van der Waals surface area contributed by atoms with E-state index in [2.05, 4.69) is 18.8 Å². The number of benzene rings is 1. The average Bonchev–Trinajstić information content (AvgIpc) is 2.53. The van der Waals surface area contributed by atoms with Crippen LogP contribution in [0.2, 0.25) is 0 Å². The van der Waals surface area contributed by atoms with Crippen molar-refractivity contribution in [3.8, 4) is 0 Å². The molecule has 0 aromatic heterocycles. The van der Waals surface area contributed by atoms with Crippen LogP contribution in [0.4, 0.5) is 0 Å². The van der Waals surface area contributed by atoms with E-state index in [9.17, 15) is 13.2 Å². The van der Waals surface area contributed by atoms with E-state index < -0.39 is 10.0 Å². The summed E-state index contributed by atoms with van der Waals surface area (Å²) in [6, 6.07) is 6.07. The van der Waals surface area contributed by atoms with Gasteiger partial charge in [-0.15, -0.1) is 6.58 Å². The molecule has 22 heavy (non-hydrogen) atoms. The van der Waals surface area contributed by atoms with Gasteiger partial charge in [0, 0.05) is 25.2 Å². The quantitative estimate of drug-likeness (QED) is 0.844. The Morgan fingerprint density at radius 3 is 2.45 bits per heavy atom. The summed E-state index contributed by atoms with van der Waals surface area (Å²) in [6.45, 7) is 7.17. The van der Waals surface area contributed by atoms with Crippen molar-refractivity contribution in [3.05, 3.63) is 42.5 Å². The monoisotopic (exact) mass is 322 g/mol. The zero-order valence-electron chi connectivity index (χ0n) is 12.8. The molecule has 120 valence electrons. The Morgan fingerprint density at radius 1 is 1.32 bits per heavy atom. The van der Waals surface area contributed by atoms with Gasteiger partial charge in [-0.05, 0) is 43.0 Å². The number of amides is 1. The maximum atomic E-state index is 12.6. The number of piperidine rings is 1. The van der Waals surface area contributed by atoms with Gasteiger partial charge in [0.2, 0.25) is 10.0 Å². The minimum Gasteiger partial charge on any atom is -0.349 e. The van der Waals surface area contributed by atoms with E-state index in [0.717, 1.165) is 12.8 Å². The van der Waals surface area contributed by atoms with Crippen LogP contribution in [0.1, 0.15) is 30.1 Å². The highest BCUT2D eigenvalue weighted by Gasteiger charge is 2.27. The molecular weight excluding hydrogens is 300 g/mol. The highest BCUT2D eigenvalue weighted by Crippen LogP contribution is 2.23. The topological polar surface area (TPSA) is 66.5 Å². The van der Waals surface area contributed by atoms with Crippen molar-refractivity contribution in [3.63, 3.8) is 0 Å². The summed E-state index contributed by atoms with van der Waals surface area (Å²) in [5.74, 6) is 0.332. The molecule has 1 aliphatic heterocycles. The second-order valence-corrected chi connectivity index (χ2v) is 7.55. The van der Waals surface area contributed by atoms with Crippen LogP contribution in [-0.2, 0) is 10.0 Å². The molecule has 1 heterocycles. The summed E-state index contributed by atoms with van der Waals surface area (Å²) in [5, 5.41) is 2.66. The van der Waals surface area contributed by atoms with Crippen molar-refractivity contribution >= 4 is 15.9 Å². The molecule has 1 fully saturated rings. The molecule has 0 aliphatic carbocycles. The molecule has 1 aliphatic rings. The van der Waals surface area contributed by atoms with Crippen LogP contribution in [0.25, 0.3) is 0 Å². The zero-order valence-corrected chi connectivity index (χ0v) is 13.6. The molecule has 1 aromatic rings. The van der Waals surface area contributed by atoms with E-state index in [1.54, 1.807) is 6.08 Å². The Bertz CT molecular complexity index is 630. The van der Waals surface area contributed by atoms with Gasteiger partial charge in [-0.1, -0.05) is 13.0 Å². The molecular formula is C16H22N2O3S. The average molecular weight is 322 g/mol. The Labute approximate surface area is 132 Å². The predicted molar refractivity (Wildman–Crippen MR) is 86.1 cm³/mol. The first-order valence-corrected chi connectivity index (χ1v) is 8.88. The third-order valence-corrected chi connectivity index (χ3v) is 5.82. The van der Waals surface area contributed by atoms with Gasteiger partial charge in [0.05, 0.1) is 4.90 Å². The molecule has 0 radical (unpaired) electrons. The fourth-order valence-corrected chi connectivity index (χ4v) is 3.89. The molecule has 1 amide bonds. The van der Waals surface area contributed by atoms with Crippen LogP contribution in [-0.4, -0.2) is 38.3 Å². The van der Waals surface area contributed by atoms with Gasteiger partial charge in [0.25, 0.3) is 5.91 Å². The van der Waals surface area contributed by atoms with Gasteiger partial charge in [0.15, 0.2) is 0 Å².